The first-order valence-electron chi connectivity index (χ1n) is 5.58. The summed E-state index contributed by atoms with van der Waals surface area (Å²) in [5.41, 5.74) is -1.61. The van der Waals surface area contributed by atoms with Crippen LogP contribution >= 0.6 is 0 Å². The minimum absolute atomic E-state index is 0.201. The number of aliphatic hydroxyl groups is 2. The van der Waals surface area contributed by atoms with Gasteiger partial charge in [-0.25, -0.2) is 26.9 Å². The molecule has 0 spiro atoms. The second-order valence-electron chi connectivity index (χ2n) is 4.17. The van der Waals surface area contributed by atoms with Crippen LogP contribution in [-0.2, 0) is 4.74 Å². The van der Waals surface area contributed by atoms with E-state index in [1.165, 1.54) is 6.92 Å². The molecule has 9 heteroatoms. The second-order valence-corrected chi connectivity index (χ2v) is 4.17. The average molecular weight is 309 g/mol. The van der Waals surface area contributed by atoms with E-state index in [1.807, 2.05) is 0 Å². The van der Waals surface area contributed by atoms with Crippen LogP contribution in [0.5, 0.6) is 0 Å². The third-order valence-corrected chi connectivity index (χ3v) is 2.69. The maximum atomic E-state index is 13.6. The van der Waals surface area contributed by atoms with Gasteiger partial charge in [0.05, 0.1) is 12.1 Å². The fraction of sp³-hybridized carbons (Fsp3) is 0.250. The standard InChI is InChI=1S/C12H8F5NO3/c1-3(19)4-2-5(20)21-12(18-4)6-7(13)9(15)11(17)10(16)8(6)14/h5,19-20H,2H2,1H3/b4-3+. The van der Waals surface area contributed by atoms with E-state index < -0.39 is 52.6 Å². The van der Waals surface area contributed by atoms with Crippen molar-refractivity contribution in [1.82, 2.24) is 0 Å². The SMILES string of the molecule is C/C(O)=C1/CC(O)OC(c2c(F)c(F)c(F)c(F)c2F)=N1. The van der Waals surface area contributed by atoms with Crippen LogP contribution < -0.4 is 0 Å². The molecule has 0 amide bonds. The zero-order valence-electron chi connectivity index (χ0n) is 10.4. The molecule has 0 fully saturated rings. The molecule has 4 nitrogen and oxygen atoms in total. The van der Waals surface area contributed by atoms with Gasteiger partial charge in [0.15, 0.2) is 23.3 Å². The number of nitrogens with zero attached hydrogens (tertiary/aromatic N) is 1. The molecule has 1 aliphatic rings. The lowest BCUT2D eigenvalue weighted by Gasteiger charge is -2.22. The number of aliphatic hydroxyl groups excluding tert-OH is 2. The summed E-state index contributed by atoms with van der Waals surface area (Å²) in [5.74, 6) is -12.3. The Labute approximate surface area is 114 Å². The summed E-state index contributed by atoms with van der Waals surface area (Å²) in [5, 5.41) is 18.6. The van der Waals surface area contributed by atoms with Crippen molar-refractivity contribution >= 4 is 5.90 Å². The third kappa shape index (κ3) is 2.56. The highest BCUT2D eigenvalue weighted by Crippen LogP contribution is 2.28. The molecule has 1 unspecified atom stereocenters. The quantitative estimate of drug-likeness (QED) is 0.363. The summed E-state index contributed by atoms with van der Waals surface area (Å²) in [6, 6.07) is 0. The molecule has 1 heterocycles. The topological polar surface area (TPSA) is 62.0 Å². The number of hydrogen-bond donors (Lipinski definition) is 2. The Bertz CT molecular complexity index is 638. The molecule has 1 aromatic rings. The van der Waals surface area contributed by atoms with Gasteiger partial charge in [-0.05, 0) is 6.92 Å². The largest absolute Gasteiger partial charge is 0.511 e. The fourth-order valence-corrected chi connectivity index (χ4v) is 1.67. The van der Waals surface area contributed by atoms with E-state index in [1.54, 1.807) is 0 Å². The Kier molecular flexibility index (Phi) is 3.86. The van der Waals surface area contributed by atoms with Gasteiger partial charge in [-0.3, -0.25) is 0 Å². The van der Waals surface area contributed by atoms with E-state index in [2.05, 4.69) is 9.73 Å². The van der Waals surface area contributed by atoms with E-state index in [9.17, 15) is 32.2 Å². The number of ether oxygens (including phenoxy) is 1. The zero-order valence-corrected chi connectivity index (χ0v) is 10.4. The first-order chi connectivity index (χ1) is 9.73. The summed E-state index contributed by atoms with van der Waals surface area (Å²) < 4.78 is 71.0. The van der Waals surface area contributed by atoms with E-state index in [4.69, 9.17) is 0 Å². The van der Waals surface area contributed by atoms with Crippen molar-refractivity contribution in [2.24, 2.45) is 4.99 Å². The van der Waals surface area contributed by atoms with Gasteiger partial charge >= 0.3 is 0 Å². The molecule has 0 saturated carbocycles. The smallest absolute Gasteiger partial charge is 0.229 e. The molecule has 2 rings (SSSR count). The minimum Gasteiger partial charge on any atom is -0.511 e. The lowest BCUT2D eigenvalue weighted by Crippen LogP contribution is -2.26. The molecule has 0 aromatic heterocycles. The Morgan fingerprint density at radius 1 is 1.05 bits per heavy atom. The Morgan fingerprint density at radius 2 is 1.52 bits per heavy atom. The Morgan fingerprint density at radius 3 is 2.00 bits per heavy atom. The van der Waals surface area contributed by atoms with Crippen molar-refractivity contribution in [1.29, 1.82) is 0 Å². The van der Waals surface area contributed by atoms with Gasteiger partial charge in [0.2, 0.25) is 18.0 Å². The normalized spacial score (nSPS) is 20.9. The molecule has 1 aliphatic heterocycles. The van der Waals surface area contributed by atoms with Gasteiger partial charge < -0.3 is 14.9 Å². The molecule has 2 N–H and O–H groups in total. The van der Waals surface area contributed by atoms with Crippen LogP contribution in [0.15, 0.2) is 16.4 Å². The van der Waals surface area contributed by atoms with Crippen molar-refractivity contribution in [2.45, 2.75) is 19.6 Å². The number of benzene rings is 1. The summed E-state index contributed by atoms with van der Waals surface area (Å²) in [6.07, 6.45) is -1.95. The molecule has 21 heavy (non-hydrogen) atoms. The summed E-state index contributed by atoms with van der Waals surface area (Å²) in [7, 11) is 0. The van der Waals surface area contributed by atoms with Crippen LogP contribution in [0.2, 0.25) is 0 Å². The monoisotopic (exact) mass is 309 g/mol. The van der Waals surface area contributed by atoms with Gasteiger partial charge in [0.25, 0.3) is 0 Å². The third-order valence-electron chi connectivity index (χ3n) is 2.69. The van der Waals surface area contributed by atoms with E-state index >= 15 is 0 Å². The van der Waals surface area contributed by atoms with Crippen LogP contribution in [0.4, 0.5) is 22.0 Å². The molecule has 0 saturated heterocycles. The fourth-order valence-electron chi connectivity index (χ4n) is 1.67. The zero-order chi connectivity index (χ0) is 15.9. The highest BCUT2D eigenvalue weighted by Gasteiger charge is 2.32. The van der Waals surface area contributed by atoms with E-state index in [0.717, 1.165) is 0 Å². The van der Waals surface area contributed by atoms with Gasteiger partial charge in [0.1, 0.15) is 11.3 Å². The molecule has 0 aliphatic carbocycles. The predicted molar refractivity (Wildman–Crippen MR) is 59.8 cm³/mol. The summed E-state index contributed by atoms with van der Waals surface area (Å²) in [4.78, 5) is 3.46. The molecule has 0 bridgehead atoms. The average Bonchev–Trinajstić information content (AvgIpc) is 2.42. The van der Waals surface area contributed by atoms with Crippen molar-refractivity contribution in [3.63, 3.8) is 0 Å². The van der Waals surface area contributed by atoms with Gasteiger partial charge in [-0.1, -0.05) is 0 Å². The first-order valence-corrected chi connectivity index (χ1v) is 5.58. The molecular weight excluding hydrogens is 301 g/mol. The molecule has 1 aromatic carbocycles. The van der Waals surface area contributed by atoms with Crippen LogP contribution in [0.3, 0.4) is 0 Å². The highest BCUT2D eigenvalue weighted by atomic mass is 19.2. The number of rotatable bonds is 1. The lowest BCUT2D eigenvalue weighted by molar-refractivity contribution is -0.0323. The number of halogens is 5. The number of allylic oxidation sites excluding steroid dienone is 1. The minimum atomic E-state index is -2.32. The number of hydrogen-bond acceptors (Lipinski definition) is 4. The van der Waals surface area contributed by atoms with Crippen LogP contribution in [0.1, 0.15) is 18.9 Å². The van der Waals surface area contributed by atoms with Crippen molar-refractivity contribution in [2.75, 3.05) is 0 Å². The van der Waals surface area contributed by atoms with Crippen molar-refractivity contribution in [3.8, 4) is 0 Å². The Balaban J connectivity index is 2.70. The molecule has 0 radical (unpaired) electrons. The van der Waals surface area contributed by atoms with Crippen molar-refractivity contribution < 1.29 is 36.9 Å². The van der Waals surface area contributed by atoms with Crippen LogP contribution in [-0.4, -0.2) is 22.4 Å². The summed E-state index contributed by atoms with van der Waals surface area (Å²) >= 11 is 0. The van der Waals surface area contributed by atoms with E-state index in [0.29, 0.717) is 0 Å². The Hall–Kier alpha value is -2.16. The van der Waals surface area contributed by atoms with E-state index in [-0.39, 0.29) is 12.1 Å². The molecule has 114 valence electrons. The number of aliphatic imine (C=N–C) groups is 1. The molecular formula is C12H8F5NO3. The predicted octanol–water partition coefficient (Wildman–Crippen LogP) is 2.66. The molecule has 1 atom stereocenters. The van der Waals surface area contributed by atoms with Gasteiger partial charge in [-0.2, -0.15) is 0 Å². The second kappa shape index (κ2) is 5.32. The summed E-state index contributed by atoms with van der Waals surface area (Å²) in [6.45, 7) is 1.17. The van der Waals surface area contributed by atoms with Crippen LogP contribution in [0, 0.1) is 29.1 Å². The van der Waals surface area contributed by atoms with Crippen molar-refractivity contribution in [3.05, 3.63) is 46.1 Å². The van der Waals surface area contributed by atoms with Gasteiger partial charge in [-0.15, -0.1) is 0 Å². The maximum absolute atomic E-state index is 13.6. The first kappa shape index (κ1) is 15.2. The maximum Gasteiger partial charge on any atom is 0.229 e. The van der Waals surface area contributed by atoms with Gasteiger partial charge in [0, 0.05) is 0 Å². The highest BCUT2D eigenvalue weighted by molar-refractivity contribution is 5.96. The van der Waals surface area contributed by atoms with Crippen LogP contribution in [0.25, 0.3) is 0 Å². The lowest BCUT2D eigenvalue weighted by atomic mass is 10.1.